The van der Waals surface area contributed by atoms with Crippen LogP contribution in [0.5, 0.6) is 23.0 Å². The van der Waals surface area contributed by atoms with E-state index in [1.165, 1.54) is 39.3 Å². The molecular formula is C75H116N2O22. The van der Waals surface area contributed by atoms with E-state index in [9.17, 15) is 34.8 Å². The monoisotopic (exact) mass is 1400 g/mol. The first-order valence-electron chi connectivity index (χ1n) is 35.6. The maximum atomic E-state index is 14.6. The number of allylic oxidation sites excluding steroid dienone is 8. The molecule has 0 saturated carbocycles. The molecule has 558 valence electrons. The van der Waals surface area contributed by atoms with Crippen molar-refractivity contribution < 1.29 is 106 Å². The summed E-state index contributed by atoms with van der Waals surface area (Å²) in [4.78, 5) is 46.3. The van der Waals surface area contributed by atoms with Crippen molar-refractivity contribution in [2.75, 3.05) is 165 Å². The van der Waals surface area contributed by atoms with Crippen molar-refractivity contribution in [2.45, 2.75) is 175 Å². The van der Waals surface area contributed by atoms with Crippen molar-refractivity contribution in [2.24, 2.45) is 0 Å². The standard InChI is InChI=1S/C75H116N2O22/c1-54(2)14-9-16-56(5)18-11-21-74(7)67(81)50-60-65(79)48-58-62(69(60)98-74)52-76(71(58)83)23-13-20-64(77-53-63-59(72(77)84)49-66(80)61-51-68(82)75(8,99-70(61)63)22-12-19-57(6)17-10-15-55(3)4)73(85)97-47-46-96-45-44-95-43-42-94-41-40-93-39-38-92-37-36-91-35-34-90-33-32-89-31-30-88-29-28-87-27-26-86-25-24-78/h14-15,18-19,48-49,64,67-68,78-82H,9-13,16-17,20-47,50-53H2,1-8H3/b56-18+,57-19+/t64-,67-,68-,74+,75+/m0/s1. The first-order chi connectivity index (χ1) is 47.8. The van der Waals surface area contributed by atoms with Gasteiger partial charge in [0, 0.05) is 41.6 Å². The van der Waals surface area contributed by atoms with E-state index in [0.717, 1.165) is 25.7 Å². The molecule has 4 aliphatic heterocycles. The van der Waals surface area contributed by atoms with Crippen LogP contribution in [0.3, 0.4) is 0 Å². The number of carbonyl (C=O) groups excluding carboxylic acids is 3. The van der Waals surface area contributed by atoms with Gasteiger partial charge in [0.1, 0.15) is 46.8 Å². The van der Waals surface area contributed by atoms with Gasteiger partial charge in [-0.05, 0) is 132 Å². The second-order valence-corrected chi connectivity index (χ2v) is 26.5. The highest BCUT2D eigenvalue weighted by atomic mass is 16.6. The lowest BCUT2D eigenvalue weighted by Gasteiger charge is -2.41. The van der Waals surface area contributed by atoms with Crippen LogP contribution >= 0.6 is 0 Å². The fourth-order valence-corrected chi connectivity index (χ4v) is 12.0. The van der Waals surface area contributed by atoms with Gasteiger partial charge in [-0.15, -0.1) is 0 Å². The van der Waals surface area contributed by atoms with E-state index in [0.29, 0.717) is 191 Å². The Bertz CT molecular complexity index is 2910. The second-order valence-electron chi connectivity index (χ2n) is 26.5. The number of hydrogen-bond acceptors (Lipinski definition) is 22. The predicted molar refractivity (Wildman–Crippen MR) is 372 cm³/mol. The molecule has 4 heterocycles. The molecule has 0 unspecified atom stereocenters. The van der Waals surface area contributed by atoms with Gasteiger partial charge in [0.05, 0.1) is 188 Å². The number of fused-ring (bicyclic) bond motifs is 6. The first-order valence-corrected chi connectivity index (χ1v) is 35.6. The van der Waals surface area contributed by atoms with Gasteiger partial charge in [-0.25, -0.2) is 4.79 Å². The number of phenols is 2. The van der Waals surface area contributed by atoms with E-state index in [1.807, 2.05) is 13.8 Å². The molecule has 5 N–H and O–H groups in total. The normalized spacial score (nSPS) is 19.2. The summed E-state index contributed by atoms with van der Waals surface area (Å²) in [5, 5.41) is 54.3. The number of amides is 2. The first kappa shape index (κ1) is 82.4. The summed E-state index contributed by atoms with van der Waals surface area (Å²) in [6.45, 7) is 25.1. The summed E-state index contributed by atoms with van der Waals surface area (Å²) < 4.78 is 79.9. The van der Waals surface area contributed by atoms with Gasteiger partial charge in [-0.2, -0.15) is 0 Å². The molecule has 0 aromatic heterocycles. The Morgan fingerprint density at radius 1 is 0.505 bits per heavy atom. The van der Waals surface area contributed by atoms with Crippen LogP contribution in [0.4, 0.5) is 0 Å². The van der Waals surface area contributed by atoms with Crippen LogP contribution in [0.1, 0.15) is 163 Å². The molecule has 0 fully saturated rings. The van der Waals surface area contributed by atoms with E-state index >= 15 is 0 Å². The van der Waals surface area contributed by atoms with Gasteiger partial charge in [0.2, 0.25) is 0 Å². The SMILES string of the molecule is CC(C)=CCC/C(C)=C/CC[C@@]1(C)Oc2c(c(O)cc3c2CN(CCC[C@@H](C(=O)OCCOCCOCCOCCOCCOCCOCCOCCOCCOCCOCCOCCO)N2Cc4c(cc(O)c5c4O[C@](C)(CC/C=C(\C)CCC=C(C)C)[C@@H](O)C5)C2=O)C3=O)C[C@@H]1O. The third kappa shape index (κ3) is 27.6. The molecule has 2 aromatic rings. The number of aliphatic hydroxyl groups excluding tert-OH is 3. The predicted octanol–water partition coefficient (Wildman–Crippen LogP) is 8.63. The number of rotatable bonds is 53. The average molecular weight is 1400 g/mol. The van der Waals surface area contributed by atoms with Crippen LogP contribution in [0.15, 0.2) is 58.7 Å². The zero-order valence-electron chi connectivity index (χ0n) is 60.3. The number of benzene rings is 2. The second kappa shape index (κ2) is 44.7. The molecule has 24 nitrogen and oxygen atoms in total. The number of phenolic OH excluding ortho intramolecular Hbond substituents is 2. The molecule has 2 amide bonds. The molecule has 0 aliphatic carbocycles. The number of hydrogen-bond donors (Lipinski definition) is 5. The van der Waals surface area contributed by atoms with Crippen LogP contribution in [0, 0.1) is 0 Å². The Hall–Kier alpha value is -5.55. The molecule has 0 bridgehead atoms. The third-order valence-corrected chi connectivity index (χ3v) is 17.9. The topological polar surface area (TPSA) is 288 Å². The van der Waals surface area contributed by atoms with E-state index in [1.54, 1.807) is 4.90 Å². The van der Waals surface area contributed by atoms with Crippen molar-refractivity contribution in [1.29, 1.82) is 0 Å². The van der Waals surface area contributed by atoms with Crippen LogP contribution in [-0.2, 0) is 87.6 Å². The Morgan fingerprint density at radius 2 is 0.859 bits per heavy atom. The van der Waals surface area contributed by atoms with Crippen molar-refractivity contribution in [3.8, 4) is 23.0 Å². The highest BCUT2D eigenvalue weighted by Crippen LogP contribution is 2.49. The van der Waals surface area contributed by atoms with Crippen LogP contribution in [0.25, 0.3) is 0 Å². The fraction of sp³-hybridized carbons (Fsp3) is 0.693. The summed E-state index contributed by atoms with van der Waals surface area (Å²) in [5.74, 6) is -1.05. The van der Waals surface area contributed by atoms with Crippen molar-refractivity contribution in [1.82, 2.24) is 9.80 Å². The summed E-state index contributed by atoms with van der Waals surface area (Å²) >= 11 is 0. The molecule has 0 radical (unpaired) electrons. The average Bonchev–Trinajstić information content (AvgIpc) is 1.69. The number of ether oxygens (including phenoxy) is 14. The van der Waals surface area contributed by atoms with Crippen LogP contribution in [-0.4, -0.2) is 248 Å². The molecule has 0 saturated heterocycles. The maximum Gasteiger partial charge on any atom is 0.328 e. The lowest BCUT2D eigenvalue weighted by molar-refractivity contribution is -0.151. The molecule has 99 heavy (non-hydrogen) atoms. The Labute approximate surface area is 586 Å². The van der Waals surface area contributed by atoms with Gasteiger partial charge in [0.25, 0.3) is 11.8 Å². The number of aromatic hydroxyl groups is 2. The Kier molecular flexibility index (Phi) is 37.2. The van der Waals surface area contributed by atoms with Crippen molar-refractivity contribution in [3.05, 3.63) is 92.1 Å². The minimum Gasteiger partial charge on any atom is -0.508 e. The highest BCUT2D eigenvalue weighted by Gasteiger charge is 2.47. The van der Waals surface area contributed by atoms with Gasteiger partial charge in [0.15, 0.2) is 0 Å². The van der Waals surface area contributed by atoms with E-state index in [4.69, 9.17) is 71.4 Å². The fourth-order valence-electron chi connectivity index (χ4n) is 12.0. The number of carbonyl (C=O) groups is 3. The van der Waals surface area contributed by atoms with E-state index in [2.05, 4.69) is 65.8 Å². The molecular weight excluding hydrogens is 1280 g/mol. The zero-order chi connectivity index (χ0) is 71.4. The zero-order valence-corrected chi connectivity index (χ0v) is 60.3. The molecule has 4 aliphatic rings. The molecule has 0 spiro atoms. The molecule has 2 aromatic carbocycles. The summed E-state index contributed by atoms with van der Waals surface area (Å²) in [6, 6.07) is 1.72. The van der Waals surface area contributed by atoms with E-state index in [-0.39, 0.29) is 101 Å². The van der Waals surface area contributed by atoms with Gasteiger partial charge < -0.3 is 102 Å². The Morgan fingerprint density at radius 3 is 1.23 bits per heavy atom. The van der Waals surface area contributed by atoms with Crippen LogP contribution in [0.2, 0.25) is 0 Å². The van der Waals surface area contributed by atoms with Gasteiger partial charge in [-0.3, -0.25) is 9.59 Å². The minimum absolute atomic E-state index is 0.00251. The number of esters is 1. The molecule has 5 atom stereocenters. The number of nitrogens with zero attached hydrogens (tertiary/aromatic N) is 2. The summed E-state index contributed by atoms with van der Waals surface area (Å²) in [6.07, 6.45) is 13.6. The lowest BCUT2D eigenvalue weighted by Crippen LogP contribution is -2.49. The third-order valence-electron chi connectivity index (χ3n) is 17.9. The van der Waals surface area contributed by atoms with Gasteiger partial charge >= 0.3 is 5.97 Å². The Balaban J connectivity index is 0.919. The van der Waals surface area contributed by atoms with Crippen LogP contribution < -0.4 is 9.47 Å². The maximum absolute atomic E-state index is 14.6. The number of aliphatic hydroxyl groups is 3. The van der Waals surface area contributed by atoms with Crippen molar-refractivity contribution in [3.63, 3.8) is 0 Å². The minimum atomic E-state index is -1.12. The van der Waals surface area contributed by atoms with Crippen molar-refractivity contribution >= 4 is 17.8 Å². The highest BCUT2D eigenvalue weighted by molar-refractivity contribution is 6.02. The van der Waals surface area contributed by atoms with Gasteiger partial charge in [-0.1, -0.05) is 46.6 Å². The summed E-state index contributed by atoms with van der Waals surface area (Å²) in [7, 11) is 0. The van der Waals surface area contributed by atoms with E-state index < -0.39 is 41.3 Å². The largest absolute Gasteiger partial charge is 0.508 e. The molecule has 24 heteroatoms. The quantitative estimate of drug-likeness (QED) is 0.0235. The molecule has 6 rings (SSSR count). The smallest absolute Gasteiger partial charge is 0.328 e. The lowest BCUT2D eigenvalue weighted by atomic mass is 9.84. The summed E-state index contributed by atoms with van der Waals surface area (Å²) in [5.41, 5.74) is 5.47.